The summed E-state index contributed by atoms with van der Waals surface area (Å²) in [5.41, 5.74) is 7.10. The standard InChI is InChI=1S/C14H12N6O3S/c1-8-6-11(15)17-14(16-8)24-7-12-18-13(19-23-12)9-2-4-10(5-3-9)20(21)22/h2-6H,7H2,1H3,(H2,15,16,17). The Morgan fingerprint density at radius 2 is 2.00 bits per heavy atom. The topological polar surface area (TPSA) is 134 Å². The van der Waals surface area contributed by atoms with Gasteiger partial charge in [0.2, 0.25) is 11.7 Å². The van der Waals surface area contributed by atoms with E-state index in [-0.39, 0.29) is 5.69 Å². The Kier molecular flexibility index (Phi) is 4.38. The Morgan fingerprint density at radius 3 is 2.67 bits per heavy atom. The molecule has 9 nitrogen and oxygen atoms in total. The van der Waals surface area contributed by atoms with Crippen LogP contribution in [0, 0.1) is 17.0 Å². The number of hydrogen-bond donors (Lipinski definition) is 1. The number of anilines is 1. The van der Waals surface area contributed by atoms with E-state index in [4.69, 9.17) is 10.3 Å². The summed E-state index contributed by atoms with van der Waals surface area (Å²) < 4.78 is 5.18. The van der Waals surface area contributed by atoms with Crippen LogP contribution in [-0.2, 0) is 5.75 Å². The summed E-state index contributed by atoms with van der Waals surface area (Å²) in [6.45, 7) is 1.83. The fraction of sp³-hybridized carbons (Fsp3) is 0.143. The molecular formula is C14H12N6O3S. The van der Waals surface area contributed by atoms with Crippen molar-refractivity contribution < 1.29 is 9.45 Å². The molecule has 0 aliphatic rings. The number of benzene rings is 1. The molecule has 0 atom stereocenters. The average molecular weight is 344 g/mol. The number of nitrogen functional groups attached to an aromatic ring is 1. The van der Waals surface area contributed by atoms with E-state index in [1.54, 1.807) is 18.2 Å². The number of aromatic nitrogens is 4. The van der Waals surface area contributed by atoms with Gasteiger partial charge in [0.25, 0.3) is 5.69 Å². The third kappa shape index (κ3) is 3.66. The summed E-state index contributed by atoms with van der Waals surface area (Å²) >= 11 is 1.33. The van der Waals surface area contributed by atoms with Crippen LogP contribution < -0.4 is 5.73 Å². The molecule has 122 valence electrons. The molecule has 2 N–H and O–H groups in total. The summed E-state index contributed by atoms with van der Waals surface area (Å²) in [7, 11) is 0. The summed E-state index contributed by atoms with van der Waals surface area (Å²) in [5, 5.41) is 15.1. The Bertz CT molecular complexity index is 860. The van der Waals surface area contributed by atoms with Crippen LogP contribution in [0.5, 0.6) is 0 Å². The second-order valence-corrected chi connectivity index (χ2v) is 5.76. The van der Waals surface area contributed by atoms with Crippen molar-refractivity contribution in [3.63, 3.8) is 0 Å². The van der Waals surface area contributed by atoms with Gasteiger partial charge in [-0.25, -0.2) is 9.97 Å². The minimum atomic E-state index is -0.463. The highest BCUT2D eigenvalue weighted by Crippen LogP contribution is 2.23. The zero-order valence-corrected chi connectivity index (χ0v) is 13.4. The number of nitrogens with two attached hydrogens (primary N) is 1. The first-order valence-electron chi connectivity index (χ1n) is 6.82. The van der Waals surface area contributed by atoms with Crippen molar-refractivity contribution in [3.8, 4) is 11.4 Å². The van der Waals surface area contributed by atoms with Gasteiger partial charge in [0, 0.05) is 29.5 Å². The van der Waals surface area contributed by atoms with Crippen molar-refractivity contribution in [1.82, 2.24) is 20.1 Å². The van der Waals surface area contributed by atoms with Crippen LogP contribution in [0.1, 0.15) is 11.6 Å². The van der Waals surface area contributed by atoms with Crippen molar-refractivity contribution in [2.24, 2.45) is 0 Å². The molecule has 3 aromatic rings. The van der Waals surface area contributed by atoms with Crippen LogP contribution in [0.25, 0.3) is 11.4 Å². The molecule has 0 radical (unpaired) electrons. The van der Waals surface area contributed by atoms with Crippen molar-refractivity contribution in [1.29, 1.82) is 0 Å². The lowest BCUT2D eigenvalue weighted by atomic mass is 10.2. The van der Waals surface area contributed by atoms with Crippen molar-refractivity contribution >= 4 is 23.3 Å². The zero-order chi connectivity index (χ0) is 17.1. The Balaban J connectivity index is 1.70. The lowest BCUT2D eigenvalue weighted by Gasteiger charge is -2.00. The molecule has 0 bridgehead atoms. The summed E-state index contributed by atoms with van der Waals surface area (Å²) in [4.78, 5) is 22.8. The van der Waals surface area contributed by atoms with Gasteiger partial charge >= 0.3 is 0 Å². The number of nitro benzene ring substituents is 1. The van der Waals surface area contributed by atoms with Crippen LogP contribution in [-0.4, -0.2) is 25.0 Å². The first-order chi connectivity index (χ1) is 11.5. The summed E-state index contributed by atoms with van der Waals surface area (Å²) in [5.74, 6) is 1.56. The van der Waals surface area contributed by atoms with Crippen LogP contribution >= 0.6 is 11.8 Å². The third-order valence-electron chi connectivity index (χ3n) is 2.98. The van der Waals surface area contributed by atoms with Crippen molar-refractivity contribution in [3.05, 3.63) is 52.0 Å². The Morgan fingerprint density at radius 1 is 1.25 bits per heavy atom. The molecular weight excluding hydrogens is 332 g/mol. The van der Waals surface area contributed by atoms with Gasteiger partial charge in [-0.15, -0.1) is 0 Å². The molecule has 0 spiro atoms. The van der Waals surface area contributed by atoms with Gasteiger partial charge in [-0.2, -0.15) is 4.98 Å². The second kappa shape index (κ2) is 6.62. The van der Waals surface area contributed by atoms with E-state index in [0.29, 0.717) is 34.0 Å². The minimum absolute atomic E-state index is 0.00667. The van der Waals surface area contributed by atoms with Crippen molar-refractivity contribution in [2.75, 3.05) is 5.73 Å². The normalized spacial score (nSPS) is 10.7. The highest BCUT2D eigenvalue weighted by molar-refractivity contribution is 7.98. The van der Waals surface area contributed by atoms with E-state index >= 15 is 0 Å². The van der Waals surface area contributed by atoms with Gasteiger partial charge in [0.15, 0.2) is 5.16 Å². The first-order valence-corrected chi connectivity index (χ1v) is 7.81. The van der Waals surface area contributed by atoms with Gasteiger partial charge in [0.05, 0.1) is 10.7 Å². The summed E-state index contributed by atoms with van der Waals surface area (Å²) in [6, 6.07) is 7.62. The zero-order valence-electron chi connectivity index (χ0n) is 12.5. The predicted octanol–water partition coefficient (Wildman–Crippen LogP) is 2.62. The van der Waals surface area contributed by atoms with Gasteiger partial charge in [-0.05, 0) is 19.1 Å². The smallest absolute Gasteiger partial charge is 0.269 e. The maximum Gasteiger partial charge on any atom is 0.269 e. The van der Waals surface area contributed by atoms with E-state index in [1.165, 1.54) is 23.9 Å². The predicted molar refractivity (Wildman–Crippen MR) is 87.1 cm³/mol. The number of rotatable bonds is 5. The van der Waals surface area contributed by atoms with Gasteiger partial charge in [-0.3, -0.25) is 10.1 Å². The maximum absolute atomic E-state index is 10.7. The van der Waals surface area contributed by atoms with Crippen LogP contribution in [0.15, 0.2) is 40.0 Å². The van der Waals surface area contributed by atoms with E-state index in [0.717, 1.165) is 5.69 Å². The van der Waals surface area contributed by atoms with E-state index in [9.17, 15) is 10.1 Å². The van der Waals surface area contributed by atoms with E-state index in [1.807, 2.05) is 6.92 Å². The largest absolute Gasteiger partial charge is 0.384 e. The Hall–Kier alpha value is -3.01. The molecule has 0 aliphatic heterocycles. The monoisotopic (exact) mass is 344 g/mol. The number of thioether (sulfide) groups is 1. The molecule has 0 saturated heterocycles. The van der Waals surface area contributed by atoms with Crippen molar-refractivity contribution in [2.45, 2.75) is 17.8 Å². The number of nitro groups is 1. The molecule has 0 aliphatic carbocycles. The first kappa shape index (κ1) is 15.9. The number of hydrogen-bond acceptors (Lipinski definition) is 9. The number of non-ortho nitro benzene ring substituents is 1. The lowest BCUT2D eigenvalue weighted by Crippen LogP contribution is -1.96. The summed E-state index contributed by atoms with van der Waals surface area (Å²) in [6.07, 6.45) is 0. The SMILES string of the molecule is Cc1cc(N)nc(SCc2nc(-c3ccc([N+](=O)[O-])cc3)no2)n1. The molecule has 24 heavy (non-hydrogen) atoms. The van der Waals surface area contributed by atoms with Crippen LogP contribution in [0.3, 0.4) is 0 Å². The van der Waals surface area contributed by atoms with E-state index in [2.05, 4.69) is 20.1 Å². The van der Waals surface area contributed by atoms with Gasteiger partial charge < -0.3 is 10.3 Å². The second-order valence-electron chi connectivity index (χ2n) is 4.82. The van der Waals surface area contributed by atoms with Gasteiger partial charge in [-0.1, -0.05) is 16.9 Å². The fourth-order valence-electron chi connectivity index (χ4n) is 1.92. The molecule has 1 aromatic carbocycles. The molecule has 0 amide bonds. The molecule has 3 rings (SSSR count). The minimum Gasteiger partial charge on any atom is -0.384 e. The lowest BCUT2D eigenvalue weighted by molar-refractivity contribution is -0.384. The molecule has 10 heteroatoms. The molecule has 2 aromatic heterocycles. The van der Waals surface area contributed by atoms with Crippen LogP contribution in [0.4, 0.5) is 11.5 Å². The number of nitrogens with zero attached hydrogens (tertiary/aromatic N) is 5. The number of aryl methyl sites for hydroxylation is 1. The average Bonchev–Trinajstić information content (AvgIpc) is 3.01. The van der Waals surface area contributed by atoms with Crippen LogP contribution in [0.2, 0.25) is 0 Å². The van der Waals surface area contributed by atoms with Gasteiger partial charge in [0.1, 0.15) is 5.82 Å². The van der Waals surface area contributed by atoms with E-state index < -0.39 is 4.92 Å². The highest BCUT2D eigenvalue weighted by atomic mass is 32.2. The maximum atomic E-state index is 10.7. The fourth-order valence-corrected chi connectivity index (χ4v) is 2.67. The molecule has 2 heterocycles. The highest BCUT2D eigenvalue weighted by Gasteiger charge is 2.12. The molecule has 0 fully saturated rings. The Labute approximate surface area is 140 Å². The third-order valence-corrected chi connectivity index (χ3v) is 3.81. The molecule has 0 saturated carbocycles. The molecule has 0 unspecified atom stereocenters. The quantitative estimate of drug-likeness (QED) is 0.321.